The van der Waals surface area contributed by atoms with Crippen LogP contribution in [0.3, 0.4) is 0 Å². The molecule has 166 valence electrons. The van der Waals surface area contributed by atoms with Crippen molar-refractivity contribution in [2.24, 2.45) is 5.92 Å². The first-order valence-corrected chi connectivity index (χ1v) is 10.6. The van der Waals surface area contributed by atoms with Crippen LogP contribution in [-0.2, 0) is 16.1 Å². The van der Waals surface area contributed by atoms with E-state index in [0.717, 1.165) is 18.4 Å². The second kappa shape index (κ2) is 10.8. The molecular weight excluding hydrogens is 394 g/mol. The molecule has 1 aliphatic rings. The van der Waals surface area contributed by atoms with Crippen molar-refractivity contribution < 1.29 is 19.1 Å². The van der Waals surface area contributed by atoms with Gasteiger partial charge in [-0.3, -0.25) is 14.5 Å². The van der Waals surface area contributed by atoms with Crippen LogP contribution in [0, 0.1) is 5.92 Å². The highest BCUT2D eigenvalue weighted by Gasteiger charge is 2.29. The maximum absolute atomic E-state index is 12.7. The van der Waals surface area contributed by atoms with Crippen molar-refractivity contribution >= 4 is 17.5 Å². The summed E-state index contributed by atoms with van der Waals surface area (Å²) in [7, 11) is 3.13. The number of piperidine rings is 1. The average molecular weight is 426 g/mol. The standard InChI is InChI=1S/C24H31N3O4/c1-17(23(28)26-20-9-10-21(30-2)22(15-20)31-3)27-13-11-19(12-14-27)24(29)25-16-18-7-5-4-6-8-18/h4-10,15,17,19H,11-14,16H2,1-3H3,(H,25,29)(H,26,28). The van der Waals surface area contributed by atoms with Gasteiger partial charge in [0.2, 0.25) is 11.8 Å². The second-order valence-electron chi connectivity index (χ2n) is 7.75. The molecule has 0 saturated carbocycles. The lowest BCUT2D eigenvalue weighted by atomic mass is 9.94. The van der Waals surface area contributed by atoms with Gasteiger partial charge in [0.05, 0.1) is 20.3 Å². The summed E-state index contributed by atoms with van der Waals surface area (Å²) in [4.78, 5) is 27.4. The van der Waals surface area contributed by atoms with Crippen LogP contribution >= 0.6 is 0 Å². The molecule has 1 saturated heterocycles. The third-order valence-electron chi connectivity index (χ3n) is 5.79. The molecule has 0 spiro atoms. The number of carbonyl (C=O) groups excluding carboxylic acids is 2. The first-order chi connectivity index (χ1) is 15.0. The lowest BCUT2D eigenvalue weighted by Crippen LogP contribution is -2.48. The highest BCUT2D eigenvalue weighted by molar-refractivity contribution is 5.94. The van der Waals surface area contributed by atoms with Crippen molar-refractivity contribution in [2.75, 3.05) is 32.6 Å². The number of benzene rings is 2. The van der Waals surface area contributed by atoms with E-state index in [1.807, 2.05) is 37.3 Å². The van der Waals surface area contributed by atoms with Gasteiger partial charge in [-0.15, -0.1) is 0 Å². The average Bonchev–Trinajstić information content (AvgIpc) is 2.82. The molecule has 0 aliphatic carbocycles. The Bertz CT molecular complexity index is 880. The number of anilines is 1. The molecule has 0 radical (unpaired) electrons. The number of hydrogen-bond donors (Lipinski definition) is 2. The van der Waals surface area contributed by atoms with Gasteiger partial charge >= 0.3 is 0 Å². The zero-order valence-corrected chi connectivity index (χ0v) is 18.4. The van der Waals surface area contributed by atoms with Crippen molar-refractivity contribution in [3.8, 4) is 11.5 Å². The van der Waals surface area contributed by atoms with E-state index in [1.54, 1.807) is 32.4 Å². The van der Waals surface area contributed by atoms with Gasteiger partial charge in [-0.05, 0) is 50.6 Å². The number of carbonyl (C=O) groups is 2. The van der Waals surface area contributed by atoms with Crippen LogP contribution in [0.5, 0.6) is 11.5 Å². The molecule has 0 aromatic heterocycles. The zero-order chi connectivity index (χ0) is 22.2. The van der Waals surface area contributed by atoms with Crippen LogP contribution in [0.25, 0.3) is 0 Å². The Kier molecular flexibility index (Phi) is 7.89. The van der Waals surface area contributed by atoms with Crippen molar-refractivity contribution in [1.29, 1.82) is 0 Å². The Morgan fingerprint density at radius 2 is 1.71 bits per heavy atom. The summed E-state index contributed by atoms with van der Waals surface area (Å²) >= 11 is 0. The second-order valence-corrected chi connectivity index (χ2v) is 7.75. The fourth-order valence-electron chi connectivity index (χ4n) is 3.80. The molecule has 1 atom stereocenters. The number of methoxy groups -OCH3 is 2. The van der Waals surface area contributed by atoms with E-state index in [2.05, 4.69) is 15.5 Å². The lowest BCUT2D eigenvalue weighted by Gasteiger charge is -2.34. The minimum absolute atomic E-state index is 0.0129. The molecule has 1 unspecified atom stereocenters. The number of rotatable bonds is 8. The fourth-order valence-corrected chi connectivity index (χ4v) is 3.80. The number of likely N-dealkylation sites (tertiary alicyclic amines) is 1. The summed E-state index contributed by atoms with van der Waals surface area (Å²) in [6.45, 7) is 3.86. The molecule has 2 amide bonds. The minimum atomic E-state index is -0.290. The third kappa shape index (κ3) is 5.98. The number of hydrogen-bond acceptors (Lipinski definition) is 5. The molecule has 7 heteroatoms. The smallest absolute Gasteiger partial charge is 0.241 e. The molecule has 7 nitrogen and oxygen atoms in total. The van der Waals surface area contributed by atoms with Crippen molar-refractivity contribution in [1.82, 2.24) is 10.2 Å². The summed E-state index contributed by atoms with van der Waals surface area (Å²) < 4.78 is 10.5. The van der Waals surface area contributed by atoms with Crippen LogP contribution in [-0.4, -0.2) is 50.1 Å². The maximum atomic E-state index is 12.7. The van der Waals surface area contributed by atoms with Gasteiger partial charge in [-0.25, -0.2) is 0 Å². The highest BCUT2D eigenvalue weighted by atomic mass is 16.5. The monoisotopic (exact) mass is 425 g/mol. The normalized spacial score (nSPS) is 15.7. The molecule has 1 heterocycles. The van der Waals surface area contributed by atoms with E-state index in [-0.39, 0.29) is 23.8 Å². The summed E-state index contributed by atoms with van der Waals surface area (Å²) in [6.07, 6.45) is 1.49. The van der Waals surface area contributed by atoms with Crippen molar-refractivity contribution in [2.45, 2.75) is 32.4 Å². The molecule has 1 aliphatic heterocycles. The van der Waals surface area contributed by atoms with E-state index in [1.165, 1.54) is 0 Å². The number of ether oxygens (including phenoxy) is 2. The Labute approximate surface area is 183 Å². The summed E-state index contributed by atoms with van der Waals surface area (Å²) in [6, 6.07) is 14.9. The summed E-state index contributed by atoms with van der Waals surface area (Å²) in [5.41, 5.74) is 1.75. The fraction of sp³-hybridized carbons (Fsp3) is 0.417. The topological polar surface area (TPSA) is 79.9 Å². The maximum Gasteiger partial charge on any atom is 0.241 e. The van der Waals surface area contributed by atoms with Gasteiger partial charge in [-0.1, -0.05) is 30.3 Å². The van der Waals surface area contributed by atoms with E-state index >= 15 is 0 Å². The molecule has 3 rings (SSSR count). The van der Waals surface area contributed by atoms with E-state index in [4.69, 9.17) is 9.47 Å². The van der Waals surface area contributed by atoms with Gasteiger partial charge in [0, 0.05) is 24.2 Å². The molecule has 0 bridgehead atoms. The first kappa shape index (κ1) is 22.6. The Balaban J connectivity index is 1.47. The highest BCUT2D eigenvalue weighted by Crippen LogP contribution is 2.30. The molecule has 2 N–H and O–H groups in total. The molecule has 31 heavy (non-hydrogen) atoms. The third-order valence-corrected chi connectivity index (χ3v) is 5.79. The van der Waals surface area contributed by atoms with Gasteiger partial charge in [0.15, 0.2) is 11.5 Å². The van der Waals surface area contributed by atoms with Gasteiger partial charge in [0.25, 0.3) is 0 Å². The van der Waals surface area contributed by atoms with Crippen molar-refractivity contribution in [3.05, 3.63) is 54.1 Å². The zero-order valence-electron chi connectivity index (χ0n) is 18.4. The number of nitrogens with zero attached hydrogens (tertiary/aromatic N) is 1. The quantitative estimate of drug-likeness (QED) is 0.680. The molecule has 2 aromatic rings. The largest absolute Gasteiger partial charge is 0.493 e. The predicted molar refractivity (Wildman–Crippen MR) is 120 cm³/mol. The van der Waals surface area contributed by atoms with Gasteiger partial charge in [-0.2, -0.15) is 0 Å². The molecule has 1 fully saturated rings. The van der Waals surface area contributed by atoms with Gasteiger partial charge in [0.1, 0.15) is 0 Å². The SMILES string of the molecule is COc1ccc(NC(=O)C(C)N2CCC(C(=O)NCc3ccccc3)CC2)cc1OC. The van der Waals surface area contributed by atoms with Crippen LogP contribution in [0.1, 0.15) is 25.3 Å². The van der Waals surface area contributed by atoms with Crippen LogP contribution in [0.4, 0.5) is 5.69 Å². The summed E-state index contributed by atoms with van der Waals surface area (Å²) in [5.74, 6) is 1.17. The van der Waals surface area contributed by atoms with Crippen LogP contribution in [0.2, 0.25) is 0 Å². The van der Waals surface area contributed by atoms with Gasteiger partial charge < -0.3 is 20.1 Å². The van der Waals surface area contributed by atoms with E-state index < -0.39 is 0 Å². The Hall–Kier alpha value is -3.06. The number of nitrogens with one attached hydrogen (secondary N) is 2. The van der Waals surface area contributed by atoms with Crippen LogP contribution in [0.15, 0.2) is 48.5 Å². The number of amides is 2. The molecular formula is C24H31N3O4. The molecule has 2 aromatic carbocycles. The lowest BCUT2D eigenvalue weighted by molar-refractivity contribution is -0.127. The first-order valence-electron chi connectivity index (χ1n) is 10.6. The summed E-state index contributed by atoms with van der Waals surface area (Å²) in [5, 5.41) is 5.97. The van der Waals surface area contributed by atoms with E-state index in [0.29, 0.717) is 36.8 Å². The van der Waals surface area contributed by atoms with Crippen LogP contribution < -0.4 is 20.1 Å². The van der Waals surface area contributed by atoms with Crippen molar-refractivity contribution in [3.63, 3.8) is 0 Å². The Morgan fingerprint density at radius 3 is 2.35 bits per heavy atom. The van der Waals surface area contributed by atoms with E-state index in [9.17, 15) is 9.59 Å². The Morgan fingerprint density at radius 1 is 1.03 bits per heavy atom. The minimum Gasteiger partial charge on any atom is -0.493 e. The predicted octanol–water partition coefficient (Wildman–Crippen LogP) is 3.06.